The van der Waals surface area contributed by atoms with Gasteiger partial charge in [-0.25, -0.2) is 9.36 Å². The number of aromatic nitrogens is 2. The van der Waals surface area contributed by atoms with Gasteiger partial charge in [0.2, 0.25) is 0 Å². The van der Waals surface area contributed by atoms with Crippen molar-refractivity contribution in [3.05, 3.63) is 62.4 Å². The highest BCUT2D eigenvalue weighted by Crippen LogP contribution is 2.49. The molecular weight excluding hydrogens is 419 g/mol. The molecule has 5 atom stereocenters. The third-order valence-electron chi connectivity index (χ3n) is 3.92. The number of aliphatic hydroxyl groups excluding tert-OH is 2. The zero-order chi connectivity index (χ0) is 20.5. The van der Waals surface area contributed by atoms with Crippen molar-refractivity contribution < 1.29 is 33.5 Å². The minimum absolute atomic E-state index is 0.0555. The van der Waals surface area contributed by atoms with Gasteiger partial charge in [0.25, 0.3) is 5.56 Å². The minimum Gasteiger partial charge on any atom is -0.403 e. The standard InChI is InChI=1S/C15H16ClN2O9P/c16-8-3-1-2-4-9(8)26-28(23,24)27-13-10(7-19)25-14(12(13)21)18-6-5-11(20)17-15(18)22/h1-6,10,12-14,19,21H,7H2,(H,23,24)(H,17,20,22)/t10-,12-,13-,14-/m1/s1. The number of aromatic amines is 1. The fourth-order valence-electron chi connectivity index (χ4n) is 2.67. The van der Waals surface area contributed by atoms with Crippen molar-refractivity contribution >= 4 is 19.4 Å². The molecule has 1 aliphatic heterocycles. The molecule has 11 nitrogen and oxygen atoms in total. The molecule has 1 aromatic carbocycles. The molecule has 1 unspecified atom stereocenters. The van der Waals surface area contributed by atoms with E-state index in [0.717, 1.165) is 16.8 Å². The van der Waals surface area contributed by atoms with Gasteiger partial charge in [-0.2, -0.15) is 0 Å². The number of rotatable bonds is 6. The number of phosphoric ester groups is 1. The van der Waals surface area contributed by atoms with E-state index in [-0.39, 0.29) is 10.8 Å². The molecular formula is C15H16ClN2O9P. The van der Waals surface area contributed by atoms with Gasteiger partial charge in [0, 0.05) is 12.3 Å². The van der Waals surface area contributed by atoms with Crippen LogP contribution in [-0.2, 0) is 13.8 Å². The van der Waals surface area contributed by atoms with Crippen LogP contribution in [0.25, 0.3) is 0 Å². The number of aliphatic hydroxyl groups is 2. The van der Waals surface area contributed by atoms with Crippen molar-refractivity contribution in [2.45, 2.75) is 24.5 Å². The Labute approximate surface area is 162 Å². The monoisotopic (exact) mass is 434 g/mol. The van der Waals surface area contributed by atoms with Gasteiger partial charge in [-0.3, -0.25) is 23.8 Å². The number of benzene rings is 1. The third kappa shape index (κ3) is 4.36. The van der Waals surface area contributed by atoms with E-state index in [9.17, 15) is 29.3 Å². The van der Waals surface area contributed by atoms with Crippen LogP contribution in [0.5, 0.6) is 5.75 Å². The largest absolute Gasteiger partial charge is 0.527 e. The summed E-state index contributed by atoms with van der Waals surface area (Å²) in [6, 6.07) is 6.89. The number of para-hydroxylation sites is 1. The summed E-state index contributed by atoms with van der Waals surface area (Å²) in [4.78, 5) is 35.1. The first-order valence-corrected chi connectivity index (χ1v) is 9.80. The van der Waals surface area contributed by atoms with Gasteiger partial charge in [0.1, 0.15) is 24.1 Å². The van der Waals surface area contributed by atoms with E-state index in [0.29, 0.717) is 0 Å². The Morgan fingerprint density at radius 3 is 2.64 bits per heavy atom. The molecule has 3 rings (SSSR count). The summed E-state index contributed by atoms with van der Waals surface area (Å²) in [6.07, 6.45) is -4.73. The summed E-state index contributed by atoms with van der Waals surface area (Å²) in [5.41, 5.74) is -1.54. The Morgan fingerprint density at radius 1 is 1.29 bits per heavy atom. The average Bonchev–Trinajstić information content (AvgIpc) is 2.92. The molecule has 4 N–H and O–H groups in total. The third-order valence-corrected chi connectivity index (χ3v) is 5.17. The van der Waals surface area contributed by atoms with Gasteiger partial charge in [0.05, 0.1) is 11.6 Å². The number of nitrogens with one attached hydrogen (secondary N) is 1. The lowest BCUT2D eigenvalue weighted by Crippen LogP contribution is -2.38. The van der Waals surface area contributed by atoms with E-state index < -0.39 is 50.2 Å². The molecule has 2 aromatic rings. The Hall–Kier alpha value is -1.98. The molecule has 1 fully saturated rings. The SMILES string of the molecule is O=c1ccn([C@@H]2O[C@H](CO)[C@@H](OP(=O)(O)Oc3ccccc3Cl)[C@H]2O)c(=O)[nH]1. The lowest BCUT2D eigenvalue weighted by atomic mass is 10.1. The number of H-pyrrole nitrogens is 1. The molecule has 2 heterocycles. The molecule has 0 radical (unpaired) electrons. The van der Waals surface area contributed by atoms with Crippen LogP contribution >= 0.6 is 19.4 Å². The van der Waals surface area contributed by atoms with Crippen LogP contribution in [0.3, 0.4) is 0 Å². The normalized spacial score (nSPS) is 26.7. The van der Waals surface area contributed by atoms with Crippen molar-refractivity contribution in [1.82, 2.24) is 9.55 Å². The molecule has 0 aliphatic carbocycles. The molecule has 0 bridgehead atoms. The van der Waals surface area contributed by atoms with Crippen LogP contribution in [0.2, 0.25) is 5.02 Å². The second-order valence-electron chi connectivity index (χ2n) is 5.82. The Morgan fingerprint density at radius 2 is 2.00 bits per heavy atom. The highest BCUT2D eigenvalue weighted by atomic mass is 35.5. The first kappa shape index (κ1) is 20.7. The van der Waals surface area contributed by atoms with Gasteiger partial charge in [0.15, 0.2) is 6.23 Å². The lowest BCUT2D eigenvalue weighted by Gasteiger charge is -2.22. The summed E-state index contributed by atoms with van der Waals surface area (Å²) < 4.78 is 28.5. The Balaban J connectivity index is 1.82. The fourth-order valence-corrected chi connectivity index (χ4v) is 3.92. The molecule has 28 heavy (non-hydrogen) atoms. The summed E-state index contributed by atoms with van der Waals surface area (Å²) in [7, 11) is -4.80. The van der Waals surface area contributed by atoms with E-state index >= 15 is 0 Å². The van der Waals surface area contributed by atoms with Crippen LogP contribution in [0.15, 0.2) is 46.1 Å². The molecule has 1 aliphatic rings. The van der Waals surface area contributed by atoms with E-state index in [1.54, 1.807) is 6.07 Å². The highest BCUT2D eigenvalue weighted by Gasteiger charge is 2.49. The van der Waals surface area contributed by atoms with E-state index in [2.05, 4.69) is 0 Å². The molecule has 0 saturated carbocycles. The second kappa shape index (κ2) is 8.18. The van der Waals surface area contributed by atoms with Crippen LogP contribution < -0.4 is 15.8 Å². The van der Waals surface area contributed by atoms with Gasteiger partial charge in [-0.1, -0.05) is 23.7 Å². The number of hydrogen-bond acceptors (Lipinski definition) is 8. The first-order valence-electron chi connectivity index (χ1n) is 7.93. The van der Waals surface area contributed by atoms with Gasteiger partial charge >= 0.3 is 13.5 Å². The van der Waals surface area contributed by atoms with Gasteiger partial charge in [-0.05, 0) is 12.1 Å². The summed E-state index contributed by atoms with van der Waals surface area (Å²) in [5.74, 6) is -0.127. The van der Waals surface area contributed by atoms with Crippen molar-refractivity contribution in [2.75, 3.05) is 6.61 Å². The van der Waals surface area contributed by atoms with Crippen LogP contribution in [-0.4, -0.2) is 49.6 Å². The molecule has 13 heteroatoms. The fraction of sp³-hybridized carbons (Fsp3) is 0.333. The minimum atomic E-state index is -4.80. The second-order valence-corrected chi connectivity index (χ2v) is 7.55. The summed E-state index contributed by atoms with van der Waals surface area (Å²) >= 11 is 5.87. The topological polar surface area (TPSA) is 160 Å². The quantitative estimate of drug-likeness (QED) is 0.459. The van der Waals surface area contributed by atoms with Crippen LogP contribution in [0.4, 0.5) is 0 Å². The van der Waals surface area contributed by atoms with E-state index in [4.69, 9.17) is 25.4 Å². The van der Waals surface area contributed by atoms with E-state index in [1.807, 2.05) is 4.98 Å². The highest BCUT2D eigenvalue weighted by molar-refractivity contribution is 7.47. The zero-order valence-electron chi connectivity index (χ0n) is 14.0. The number of nitrogens with zero attached hydrogens (tertiary/aromatic N) is 1. The van der Waals surface area contributed by atoms with Crippen molar-refractivity contribution in [2.24, 2.45) is 0 Å². The van der Waals surface area contributed by atoms with Gasteiger partial charge < -0.3 is 19.5 Å². The number of phosphoric acid groups is 1. The van der Waals surface area contributed by atoms with Gasteiger partial charge in [-0.15, -0.1) is 0 Å². The smallest absolute Gasteiger partial charge is 0.403 e. The Bertz CT molecular complexity index is 1010. The molecule has 1 aromatic heterocycles. The summed E-state index contributed by atoms with van der Waals surface area (Å²) in [5, 5.41) is 20.0. The number of ether oxygens (including phenoxy) is 1. The zero-order valence-corrected chi connectivity index (χ0v) is 15.7. The lowest BCUT2D eigenvalue weighted by molar-refractivity contribution is -0.0548. The van der Waals surface area contributed by atoms with Crippen molar-refractivity contribution in [3.63, 3.8) is 0 Å². The predicted octanol–water partition coefficient (Wildman–Crippen LogP) is 0.00520. The average molecular weight is 435 g/mol. The molecule has 0 amide bonds. The van der Waals surface area contributed by atoms with Crippen molar-refractivity contribution in [1.29, 1.82) is 0 Å². The maximum absolute atomic E-state index is 12.3. The Kier molecular flexibility index (Phi) is 6.06. The van der Waals surface area contributed by atoms with Crippen LogP contribution in [0.1, 0.15) is 6.23 Å². The first-order chi connectivity index (χ1) is 13.2. The van der Waals surface area contributed by atoms with Crippen LogP contribution in [0, 0.1) is 0 Å². The number of halogens is 1. The number of hydrogen-bond donors (Lipinski definition) is 4. The van der Waals surface area contributed by atoms with Crippen molar-refractivity contribution in [3.8, 4) is 5.75 Å². The maximum Gasteiger partial charge on any atom is 0.527 e. The molecule has 0 spiro atoms. The molecule has 1 saturated heterocycles. The maximum atomic E-state index is 12.3. The van der Waals surface area contributed by atoms with E-state index in [1.165, 1.54) is 18.2 Å². The molecule has 152 valence electrons. The predicted molar refractivity (Wildman–Crippen MR) is 95.1 cm³/mol. The summed E-state index contributed by atoms with van der Waals surface area (Å²) in [6.45, 7) is -0.692.